The topological polar surface area (TPSA) is 82.8 Å². The number of benzene rings is 2. The molecule has 156 valence electrons. The molecule has 0 radical (unpaired) electrons. The zero-order valence-corrected chi connectivity index (χ0v) is 17.5. The molecule has 0 heterocycles. The molecule has 0 aromatic heterocycles. The maximum absolute atomic E-state index is 12.7. The minimum absolute atomic E-state index is 0.00894. The highest BCUT2D eigenvalue weighted by Gasteiger charge is 2.62. The lowest BCUT2D eigenvalue weighted by atomic mass is 9.54. The van der Waals surface area contributed by atoms with Crippen molar-refractivity contribution < 1.29 is 19.0 Å². The van der Waals surface area contributed by atoms with E-state index in [2.05, 4.69) is 5.32 Å². The van der Waals surface area contributed by atoms with Crippen LogP contribution >= 0.6 is 0 Å². The second-order valence-electron chi connectivity index (χ2n) is 7.92. The molecule has 0 aliphatic heterocycles. The van der Waals surface area contributed by atoms with Crippen molar-refractivity contribution in [3.63, 3.8) is 0 Å². The Bertz CT molecular complexity index is 850. The van der Waals surface area contributed by atoms with Gasteiger partial charge in [-0.05, 0) is 36.8 Å². The zero-order valence-electron chi connectivity index (χ0n) is 17.5. The van der Waals surface area contributed by atoms with Crippen LogP contribution in [0.2, 0.25) is 0 Å². The molecule has 2 atom stereocenters. The lowest BCUT2D eigenvalue weighted by Crippen LogP contribution is -2.75. The van der Waals surface area contributed by atoms with E-state index < -0.39 is 11.0 Å². The number of hydrogen-bond acceptors (Lipinski definition) is 5. The third kappa shape index (κ3) is 4.09. The number of ether oxygens (including phenoxy) is 3. The summed E-state index contributed by atoms with van der Waals surface area (Å²) in [7, 11) is 1.61. The number of methoxy groups -OCH3 is 1. The molecule has 1 amide bonds. The standard InChI is InChI=1S/C23H30N2O4/c1-5-28-20-14-23(24,22(20,2)3)21(26)25-15-16-10-12-17(13-11-16)29-19-9-7-6-8-18(19)27-4/h6-13,20H,5,14-15,24H2,1-4H3,(H,25,26). The fraction of sp³-hybridized carbons (Fsp3) is 0.435. The van der Waals surface area contributed by atoms with E-state index in [-0.39, 0.29) is 12.0 Å². The van der Waals surface area contributed by atoms with Gasteiger partial charge >= 0.3 is 0 Å². The highest BCUT2D eigenvalue weighted by molar-refractivity contribution is 5.88. The lowest BCUT2D eigenvalue weighted by Gasteiger charge is -2.57. The molecule has 2 unspecified atom stereocenters. The quantitative estimate of drug-likeness (QED) is 0.709. The number of amides is 1. The highest BCUT2D eigenvalue weighted by Crippen LogP contribution is 2.49. The molecule has 6 heteroatoms. The summed E-state index contributed by atoms with van der Waals surface area (Å²) in [6, 6.07) is 15.1. The van der Waals surface area contributed by atoms with E-state index in [1.54, 1.807) is 7.11 Å². The summed E-state index contributed by atoms with van der Waals surface area (Å²) in [4.78, 5) is 12.7. The average Bonchev–Trinajstić information content (AvgIpc) is 2.73. The Labute approximate surface area is 172 Å². The molecule has 0 spiro atoms. The van der Waals surface area contributed by atoms with Crippen molar-refractivity contribution in [2.24, 2.45) is 11.1 Å². The molecule has 0 bridgehead atoms. The maximum atomic E-state index is 12.7. The van der Waals surface area contributed by atoms with Crippen LogP contribution in [0.25, 0.3) is 0 Å². The van der Waals surface area contributed by atoms with E-state index in [9.17, 15) is 4.79 Å². The van der Waals surface area contributed by atoms with Gasteiger partial charge in [0.2, 0.25) is 5.91 Å². The van der Waals surface area contributed by atoms with Gasteiger partial charge in [0.05, 0.1) is 13.2 Å². The Morgan fingerprint density at radius 1 is 1.14 bits per heavy atom. The van der Waals surface area contributed by atoms with Gasteiger partial charge in [0.15, 0.2) is 11.5 Å². The molecule has 29 heavy (non-hydrogen) atoms. The summed E-state index contributed by atoms with van der Waals surface area (Å²) in [6.45, 7) is 6.95. The first kappa shape index (κ1) is 21.1. The van der Waals surface area contributed by atoms with Gasteiger partial charge in [-0.1, -0.05) is 38.1 Å². The summed E-state index contributed by atoms with van der Waals surface area (Å²) in [5.41, 5.74) is 6.07. The minimum atomic E-state index is -0.917. The van der Waals surface area contributed by atoms with Gasteiger partial charge in [-0.2, -0.15) is 0 Å². The van der Waals surface area contributed by atoms with Crippen molar-refractivity contribution in [2.45, 2.75) is 45.4 Å². The summed E-state index contributed by atoms with van der Waals surface area (Å²) >= 11 is 0. The van der Waals surface area contributed by atoms with Gasteiger partial charge in [0.1, 0.15) is 11.3 Å². The van der Waals surface area contributed by atoms with E-state index in [4.69, 9.17) is 19.9 Å². The Kier molecular flexibility index (Phi) is 6.15. The Morgan fingerprint density at radius 3 is 2.38 bits per heavy atom. The van der Waals surface area contributed by atoms with E-state index in [1.807, 2.05) is 69.3 Å². The molecule has 6 nitrogen and oxygen atoms in total. The number of hydrogen-bond donors (Lipinski definition) is 2. The Hall–Kier alpha value is -2.57. The predicted molar refractivity (Wildman–Crippen MR) is 112 cm³/mol. The highest BCUT2D eigenvalue weighted by atomic mass is 16.5. The van der Waals surface area contributed by atoms with Crippen molar-refractivity contribution in [1.82, 2.24) is 5.32 Å². The summed E-state index contributed by atoms with van der Waals surface area (Å²) in [5.74, 6) is 1.87. The molecule has 1 fully saturated rings. The number of nitrogens with one attached hydrogen (secondary N) is 1. The average molecular weight is 399 g/mol. The van der Waals surface area contributed by atoms with Gasteiger partial charge in [-0.25, -0.2) is 0 Å². The summed E-state index contributed by atoms with van der Waals surface area (Å²) in [5, 5.41) is 2.97. The van der Waals surface area contributed by atoms with Crippen LogP contribution in [0.15, 0.2) is 48.5 Å². The van der Waals surface area contributed by atoms with Crippen LogP contribution in [0.3, 0.4) is 0 Å². The lowest BCUT2D eigenvalue weighted by molar-refractivity contribution is -0.170. The van der Waals surface area contributed by atoms with Crippen LogP contribution in [0.5, 0.6) is 17.2 Å². The first-order valence-electron chi connectivity index (χ1n) is 9.90. The maximum Gasteiger partial charge on any atom is 0.241 e. The number of carbonyl (C=O) groups excluding carboxylic acids is 1. The van der Waals surface area contributed by atoms with Crippen LogP contribution in [-0.2, 0) is 16.1 Å². The molecule has 1 saturated carbocycles. The van der Waals surface area contributed by atoms with Crippen molar-refractivity contribution in [1.29, 1.82) is 0 Å². The number of para-hydroxylation sites is 2. The largest absolute Gasteiger partial charge is 0.493 e. The first-order chi connectivity index (χ1) is 13.8. The van der Waals surface area contributed by atoms with E-state index >= 15 is 0 Å². The second kappa shape index (κ2) is 8.43. The fourth-order valence-electron chi connectivity index (χ4n) is 3.67. The molecule has 3 N–H and O–H groups in total. The molecule has 1 aliphatic rings. The molecule has 3 rings (SSSR count). The van der Waals surface area contributed by atoms with Crippen LogP contribution < -0.4 is 20.5 Å². The molecular formula is C23H30N2O4. The molecule has 0 saturated heterocycles. The van der Waals surface area contributed by atoms with E-state index in [1.165, 1.54) is 0 Å². The van der Waals surface area contributed by atoms with Crippen LogP contribution in [-0.4, -0.2) is 31.3 Å². The van der Waals surface area contributed by atoms with E-state index in [0.717, 1.165) is 5.56 Å². The van der Waals surface area contributed by atoms with Crippen molar-refractivity contribution in [2.75, 3.05) is 13.7 Å². The normalized spacial score (nSPS) is 22.4. The monoisotopic (exact) mass is 398 g/mol. The van der Waals surface area contributed by atoms with Crippen LogP contribution in [0, 0.1) is 5.41 Å². The molecule has 1 aliphatic carbocycles. The SMILES string of the molecule is CCOC1CC(N)(C(=O)NCc2ccc(Oc3ccccc3OC)cc2)C1(C)C. The predicted octanol–water partition coefficient (Wildman–Crippen LogP) is 3.64. The molecule has 2 aromatic carbocycles. The molecule has 2 aromatic rings. The second-order valence-corrected chi connectivity index (χ2v) is 7.92. The van der Waals surface area contributed by atoms with Crippen molar-refractivity contribution in [3.05, 3.63) is 54.1 Å². The smallest absolute Gasteiger partial charge is 0.241 e. The van der Waals surface area contributed by atoms with Gasteiger partial charge < -0.3 is 25.3 Å². The first-order valence-corrected chi connectivity index (χ1v) is 9.90. The van der Waals surface area contributed by atoms with Gasteiger partial charge in [-0.15, -0.1) is 0 Å². The Balaban J connectivity index is 1.57. The van der Waals surface area contributed by atoms with Crippen molar-refractivity contribution >= 4 is 5.91 Å². The summed E-state index contributed by atoms with van der Waals surface area (Å²) < 4.78 is 16.9. The Morgan fingerprint density at radius 2 is 1.79 bits per heavy atom. The molecular weight excluding hydrogens is 368 g/mol. The zero-order chi connectivity index (χ0) is 21.1. The number of rotatable bonds is 8. The number of carbonyl (C=O) groups is 1. The minimum Gasteiger partial charge on any atom is -0.493 e. The third-order valence-electron chi connectivity index (χ3n) is 5.91. The van der Waals surface area contributed by atoms with Crippen LogP contribution in [0.1, 0.15) is 32.8 Å². The van der Waals surface area contributed by atoms with Gasteiger partial charge in [-0.3, -0.25) is 4.79 Å². The van der Waals surface area contributed by atoms with Gasteiger partial charge in [0, 0.05) is 25.0 Å². The van der Waals surface area contributed by atoms with Gasteiger partial charge in [0.25, 0.3) is 0 Å². The van der Waals surface area contributed by atoms with Crippen molar-refractivity contribution in [3.8, 4) is 17.2 Å². The van der Waals surface area contributed by atoms with Crippen LogP contribution in [0.4, 0.5) is 0 Å². The number of nitrogens with two attached hydrogens (primary N) is 1. The van der Waals surface area contributed by atoms with E-state index in [0.29, 0.717) is 36.8 Å². The summed E-state index contributed by atoms with van der Waals surface area (Å²) in [6.07, 6.45) is 0.542. The fourth-order valence-corrected chi connectivity index (χ4v) is 3.67. The third-order valence-corrected chi connectivity index (χ3v) is 5.91.